The smallest absolute Gasteiger partial charge is 0.266 e. The molecule has 26 heavy (non-hydrogen) atoms. The van der Waals surface area contributed by atoms with Crippen LogP contribution in [0.25, 0.3) is 28.7 Å². The van der Waals surface area contributed by atoms with E-state index in [-0.39, 0.29) is 5.56 Å². The molecule has 0 saturated heterocycles. The maximum Gasteiger partial charge on any atom is 0.266 e. The molecule has 0 bridgehead atoms. The number of aromatic amines is 1. The Kier molecular flexibility index (Phi) is 3.97. The number of hydrogen-bond acceptors (Lipinski definition) is 3. The zero-order chi connectivity index (χ0) is 18.1. The second-order valence-corrected chi connectivity index (χ2v) is 6.14. The quantitative estimate of drug-likeness (QED) is 0.614. The number of para-hydroxylation sites is 2. The van der Waals surface area contributed by atoms with Crippen LogP contribution in [-0.2, 0) is 0 Å². The van der Waals surface area contributed by atoms with Gasteiger partial charge in [0.1, 0.15) is 5.82 Å². The zero-order valence-corrected chi connectivity index (χ0v) is 14.6. The molecule has 0 amide bonds. The van der Waals surface area contributed by atoms with E-state index in [0.717, 1.165) is 22.6 Å². The van der Waals surface area contributed by atoms with Crippen molar-refractivity contribution in [2.75, 3.05) is 0 Å². The Morgan fingerprint density at radius 3 is 2.42 bits per heavy atom. The van der Waals surface area contributed by atoms with Crippen molar-refractivity contribution in [2.24, 2.45) is 0 Å². The molecule has 2 aromatic heterocycles. The normalized spacial score (nSPS) is 11.5. The van der Waals surface area contributed by atoms with Gasteiger partial charge in [-0.1, -0.05) is 30.3 Å². The fourth-order valence-corrected chi connectivity index (χ4v) is 3.05. The highest BCUT2D eigenvalue weighted by molar-refractivity contribution is 5.80. The molecule has 0 aliphatic heterocycles. The third-order valence-corrected chi connectivity index (χ3v) is 4.40. The second kappa shape index (κ2) is 6.44. The largest absolute Gasteiger partial charge is 0.282 e. The lowest BCUT2D eigenvalue weighted by atomic mass is 10.1. The third kappa shape index (κ3) is 2.73. The van der Waals surface area contributed by atoms with E-state index in [0.29, 0.717) is 16.7 Å². The highest BCUT2D eigenvalue weighted by atomic mass is 16.1. The van der Waals surface area contributed by atoms with Crippen molar-refractivity contribution < 1.29 is 0 Å². The number of H-pyrrole nitrogens is 1. The van der Waals surface area contributed by atoms with Crippen molar-refractivity contribution >= 4 is 23.1 Å². The molecular formula is C21H18N4O. The summed E-state index contributed by atoms with van der Waals surface area (Å²) in [7, 11) is 0. The van der Waals surface area contributed by atoms with Gasteiger partial charge >= 0.3 is 0 Å². The Labute approximate surface area is 150 Å². The van der Waals surface area contributed by atoms with E-state index in [1.54, 1.807) is 4.57 Å². The molecular weight excluding hydrogens is 324 g/mol. The van der Waals surface area contributed by atoms with Gasteiger partial charge < -0.3 is 0 Å². The standard InChI is InChI=1S/C21H18N4O/c1-14-17(15(2)24-23-14)12-13-20-22-19-11-7-6-10-18(19)21(26)25(20)16-8-4-3-5-9-16/h3-13H,1-2H3,(H,23,24)/b13-12+. The molecule has 0 aliphatic carbocycles. The van der Waals surface area contributed by atoms with Crippen LogP contribution >= 0.6 is 0 Å². The van der Waals surface area contributed by atoms with Crippen molar-refractivity contribution in [3.8, 4) is 5.69 Å². The summed E-state index contributed by atoms with van der Waals surface area (Å²) >= 11 is 0. The van der Waals surface area contributed by atoms with Crippen LogP contribution in [0, 0.1) is 13.8 Å². The first-order valence-corrected chi connectivity index (χ1v) is 8.42. The molecule has 5 heteroatoms. The van der Waals surface area contributed by atoms with Gasteiger partial charge in [-0.3, -0.25) is 14.5 Å². The van der Waals surface area contributed by atoms with E-state index in [1.807, 2.05) is 80.6 Å². The number of benzene rings is 2. The lowest BCUT2D eigenvalue weighted by molar-refractivity contribution is 0.944. The molecule has 0 radical (unpaired) electrons. The molecule has 0 saturated carbocycles. The summed E-state index contributed by atoms with van der Waals surface area (Å²) in [5, 5.41) is 7.78. The monoisotopic (exact) mass is 342 g/mol. The molecule has 0 unspecified atom stereocenters. The number of hydrogen-bond donors (Lipinski definition) is 1. The predicted molar refractivity (Wildman–Crippen MR) is 104 cm³/mol. The van der Waals surface area contributed by atoms with E-state index in [1.165, 1.54) is 0 Å². The van der Waals surface area contributed by atoms with Crippen LogP contribution in [0.5, 0.6) is 0 Å². The molecule has 5 nitrogen and oxygen atoms in total. The molecule has 4 rings (SSSR count). The van der Waals surface area contributed by atoms with Crippen LogP contribution in [0.1, 0.15) is 22.8 Å². The highest BCUT2D eigenvalue weighted by Crippen LogP contribution is 2.17. The summed E-state index contributed by atoms with van der Waals surface area (Å²) in [5.74, 6) is 0.583. The molecule has 0 aliphatic rings. The Bertz CT molecular complexity index is 1150. The van der Waals surface area contributed by atoms with E-state index in [4.69, 9.17) is 4.98 Å². The number of rotatable bonds is 3. The van der Waals surface area contributed by atoms with E-state index < -0.39 is 0 Å². The van der Waals surface area contributed by atoms with Crippen LogP contribution in [0.3, 0.4) is 0 Å². The molecule has 2 aromatic carbocycles. The second-order valence-electron chi connectivity index (χ2n) is 6.14. The van der Waals surface area contributed by atoms with Gasteiger partial charge in [-0.25, -0.2) is 4.98 Å². The van der Waals surface area contributed by atoms with Gasteiger partial charge in [0.2, 0.25) is 0 Å². The number of fused-ring (bicyclic) bond motifs is 1. The molecule has 0 spiro atoms. The third-order valence-electron chi connectivity index (χ3n) is 4.40. The zero-order valence-electron chi connectivity index (χ0n) is 14.6. The van der Waals surface area contributed by atoms with Crippen molar-refractivity contribution in [1.82, 2.24) is 19.7 Å². The van der Waals surface area contributed by atoms with Gasteiger partial charge in [-0.2, -0.15) is 5.10 Å². The minimum Gasteiger partial charge on any atom is -0.282 e. The Morgan fingerprint density at radius 1 is 0.962 bits per heavy atom. The van der Waals surface area contributed by atoms with Crippen molar-refractivity contribution in [1.29, 1.82) is 0 Å². The van der Waals surface area contributed by atoms with Crippen LogP contribution in [0.2, 0.25) is 0 Å². The molecule has 4 aromatic rings. The van der Waals surface area contributed by atoms with Crippen LogP contribution in [0.4, 0.5) is 0 Å². The average molecular weight is 342 g/mol. The number of aryl methyl sites for hydroxylation is 2. The van der Waals surface area contributed by atoms with E-state index in [2.05, 4.69) is 10.2 Å². The first-order valence-electron chi connectivity index (χ1n) is 8.42. The van der Waals surface area contributed by atoms with Crippen molar-refractivity contribution in [2.45, 2.75) is 13.8 Å². The maximum atomic E-state index is 13.1. The van der Waals surface area contributed by atoms with Crippen molar-refractivity contribution in [3.05, 3.63) is 87.7 Å². The number of nitrogens with zero attached hydrogens (tertiary/aromatic N) is 3. The van der Waals surface area contributed by atoms with E-state index >= 15 is 0 Å². The molecule has 0 atom stereocenters. The summed E-state index contributed by atoms with van der Waals surface area (Å²) in [6, 6.07) is 17.0. The van der Waals surface area contributed by atoms with Gasteiger partial charge in [-0.05, 0) is 50.3 Å². The van der Waals surface area contributed by atoms with Gasteiger partial charge in [0.15, 0.2) is 0 Å². The first-order chi connectivity index (χ1) is 12.6. The fraction of sp³-hybridized carbons (Fsp3) is 0.0952. The molecule has 128 valence electrons. The van der Waals surface area contributed by atoms with Crippen LogP contribution in [0.15, 0.2) is 59.4 Å². The van der Waals surface area contributed by atoms with Gasteiger partial charge in [0.25, 0.3) is 5.56 Å². The number of aromatic nitrogens is 4. The Morgan fingerprint density at radius 2 is 1.69 bits per heavy atom. The highest BCUT2D eigenvalue weighted by Gasteiger charge is 2.11. The van der Waals surface area contributed by atoms with Crippen LogP contribution < -0.4 is 5.56 Å². The summed E-state index contributed by atoms with van der Waals surface area (Å²) in [6.07, 6.45) is 3.82. The fourth-order valence-electron chi connectivity index (χ4n) is 3.05. The molecule has 1 N–H and O–H groups in total. The molecule has 0 fully saturated rings. The minimum absolute atomic E-state index is 0.0814. The van der Waals surface area contributed by atoms with Gasteiger partial charge in [0, 0.05) is 11.3 Å². The average Bonchev–Trinajstić information content (AvgIpc) is 2.99. The number of nitrogens with one attached hydrogen (secondary N) is 1. The summed E-state index contributed by atoms with van der Waals surface area (Å²) < 4.78 is 1.64. The lowest BCUT2D eigenvalue weighted by Gasteiger charge is -2.11. The first kappa shape index (κ1) is 16.0. The lowest BCUT2D eigenvalue weighted by Crippen LogP contribution is -2.22. The topological polar surface area (TPSA) is 63.6 Å². The molecule has 2 heterocycles. The Hall–Kier alpha value is -3.47. The van der Waals surface area contributed by atoms with E-state index in [9.17, 15) is 4.79 Å². The van der Waals surface area contributed by atoms with Crippen molar-refractivity contribution in [3.63, 3.8) is 0 Å². The SMILES string of the molecule is Cc1n[nH]c(C)c1/C=C/c1nc2ccccc2c(=O)n1-c1ccccc1. The van der Waals surface area contributed by atoms with Gasteiger partial charge in [0.05, 0.1) is 22.3 Å². The summed E-state index contributed by atoms with van der Waals surface area (Å²) in [5.41, 5.74) is 4.29. The van der Waals surface area contributed by atoms with Gasteiger partial charge in [-0.15, -0.1) is 0 Å². The predicted octanol–water partition coefficient (Wildman–Crippen LogP) is 3.90. The Balaban J connectivity index is 1.97. The summed E-state index contributed by atoms with van der Waals surface area (Å²) in [4.78, 5) is 17.8. The minimum atomic E-state index is -0.0814. The van der Waals surface area contributed by atoms with Crippen LogP contribution in [-0.4, -0.2) is 19.7 Å². The summed E-state index contributed by atoms with van der Waals surface area (Å²) in [6.45, 7) is 3.92. The maximum absolute atomic E-state index is 13.1.